The summed E-state index contributed by atoms with van der Waals surface area (Å²) in [5, 5.41) is 15.6. The van der Waals surface area contributed by atoms with Crippen LogP contribution in [0.15, 0.2) is 47.1 Å². The maximum Gasteiger partial charge on any atom is 0.170 e. The van der Waals surface area contributed by atoms with E-state index in [9.17, 15) is 0 Å². The number of hydrogen-bond acceptors (Lipinski definition) is 4. The van der Waals surface area contributed by atoms with E-state index in [4.69, 9.17) is 21.9 Å². The van der Waals surface area contributed by atoms with Crippen molar-refractivity contribution in [1.82, 2.24) is 5.32 Å². The molecule has 1 aromatic carbocycles. The molecule has 4 nitrogen and oxygen atoms in total. The van der Waals surface area contributed by atoms with Gasteiger partial charge in [0.2, 0.25) is 0 Å². The van der Waals surface area contributed by atoms with E-state index in [1.165, 1.54) is 0 Å². The number of nitrogens with one attached hydrogen (secondary N) is 2. The molecule has 0 atom stereocenters. The molecule has 0 radical (unpaired) electrons. The number of rotatable bonds is 8. The summed E-state index contributed by atoms with van der Waals surface area (Å²) in [6.45, 7) is 0.837. The van der Waals surface area contributed by atoms with Crippen LogP contribution in [-0.4, -0.2) is 17.4 Å². The van der Waals surface area contributed by atoms with Gasteiger partial charge in [-0.1, -0.05) is 12.1 Å². The summed E-state index contributed by atoms with van der Waals surface area (Å²) in [5.74, 6) is 2.98. The maximum atomic E-state index is 8.64. The van der Waals surface area contributed by atoms with Crippen LogP contribution in [0.25, 0.3) is 0 Å². The van der Waals surface area contributed by atoms with E-state index >= 15 is 0 Å². The molecule has 0 spiro atoms. The quantitative estimate of drug-likeness (QED) is 0.558. The van der Waals surface area contributed by atoms with Gasteiger partial charge in [0.1, 0.15) is 5.76 Å². The number of thiocarbonyl (C=S) groups is 1. The van der Waals surface area contributed by atoms with Gasteiger partial charge in [0.05, 0.1) is 24.5 Å². The second kappa shape index (κ2) is 9.93. The second-order valence-electron chi connectivity index (χ2n) is 4.90. The minimum atomic E-state index is 0.429. The lowest BCUT2D eigenvalue weighted by atomic mass is 10.1. The van der Waals surface area contributed by atoms with Crippen LogP contribution in [0.4, 0.5) is 5.69 Å². The Hall–Kier alpha value is -1.97. The molecule has 0 aliphatic heterocycles. The number of nitriles is 1. The van der Waals surface area contributed by atoms with Gasteiger partial charge in [-0.05, 0) is 54.2 Å². The number of thioether (sulfide) groups is 1. The van der Waals surface area contributed by atoms with E-state index in [0.717, 1.165) is 41.5 Å². The Kier molecular flexibility index (Phi) is 7.50. The standard InChI is InChI=1S/C17H19N3OS2/c18-9-8-14-4-6-15(7-5-14)20-17(22)19-10-2-12-23-13-16-3-1-11-21-16/h1,3-7,11H,2,8,10,12-13H2,(H2,19,20,22). The van der Waals surface area contributed by atoms with Gasteiger partial charge in [0, 0.05) is 12.2 Å². The van der Waals surface area contributed by atoms with Gasteiger partial charge in [0.15, 0.2) is 5.11 Å². The van der Waals surface area contributed by atoms with Crippen molar-refractivity contribution in [3.8, 4) is 6.07 Å². The van der Waals surface area contributed by atoms with E-state index in [2.05, 4.69) is 16.7 Å². The normalized spacial score (nSPS) is 10.0. The van der Waals surface area contributed by atoms with Crippen LogP contribution in [0.1, 0.15) is 17.7 Å². The molecule has 0 unspecified atom stereocenters. The summed E-state index contributed by atoms with van der Waals surface area (Å²) in [7, 11) is 0. The highest BCUT2D eigenvalue weighted by atomic mass is 32.2. The summed E-state index contributed by atoms with van der Waals surface area (Å²) >= 11 is 7.12. The molecule has 0 saturated heterocycles. The Morgan fingerprint density at radius 3 is 2.78 bits per heavy atom. The van der Waals surface area contributed by atoms with Crippen LogP contribution in [-0.2, 0) is 12.2 Å². The maximum absolute atomic E-state index is 8.64. The van der Waals surface area contributed by atoms with Crippen molar-refractivity contribution in [2.45, 2.75) is 18.6 Å². The molecule has 0 bridgehead atoms. The smallest absolute Gasteiger partial charge is 0.170 e. The van der Waals surface area contributed by atoms with Crippen LogP contribution < -0.4 is 10.6 Å². The Bertz CT molecular complexity index is 633. The molecule has 0 fully saturated rings. The van der Waals surface area contributed by atoms with Crippen molar-refractivity contribution in [3.05, 3.63) is 54.0 Å². The number of hydrogen-bond donors (Lipinski definition) is 2. The third-order valence-corrected chi connectivity index (χ3v) is 4.38. The minimum Gasteiger partial charge on any atom is -0.468 e. The van der Waals surface area contributed by atoms with Crippen LogP contribution in [0.3, 0.4) is 0 Å². The highest BCUT2D eigenvalue weighted by molar-refractivity contribution is 7.98. The zero-order valence-corrected chi connectivity index (χ0v) is 14.4. The van der Waals surface area contributed by atoms with Gasteiger partial charge in [-0.3, -0.25) is 0 Å². The average molecular weight is 345 g/mol. The number of furan rings is 1. The number of nitrogens with zero attached hydrogens (tertiary/aromatic N) is 1. The second-order valence-corrected chi connectivity index (χ2v) is 6.41. The topological polar surface area (TPSA) is 61.0 Å². The van der Waals surface area contributed by atoms with E-state index in [1.807, 2.05) is 48.2 Å². The largest absolute Gasteiger partial charge is 0.468 e. The zero-order chi connectivity index (χ0) is 16.3. The molecule has 23 heavy (non-hydrogen) atoms. The van der Waals surface area contributed by atoms with Crippen molar-refractivity contribution >= 4 is 34.8 Å². The molecule has 2 aromatic rings. The van der Waals surface area contributed by atoms with Crippen molar-refractivity contribution in [3.63, 3.8) is 0 Å². The SMILES string of the molecule is N#CCc1ccc(NC(=S)NCCCSCc2ccco2)cc1. The Morgan fingerprint density at radius 1 is 1.26 bits per heavy atom. The third kappa shape index (κ3) is 6.76. The van der Waals surface area contributed by atoms with E-state index in [0.29, 0.717) is 11.5 Å². The molecule has 1 aromatic heterocycles. The van der Waals surface area contributed by atoms with Crippen molar-refractivity contribution in [2.24, 2.45) is 0 Å². The van der Waals surface area contributed by atoms with Crippen LogP contribution in [0.5, 0.6) is 0 Å². The first-order valence-electron chi connectivity index (χ1n) is 7.39. The summed E-state index contributed by atoms with van der Waals surface area (Å²) < 4.78 is 5.28. The molecule has 0 amide bonds. The molecule has 6 heteroatoms. The summed E-state index contributed by atoms with van der Waals surface area (Å²) in [5.41, 5.74) is 1.93. The van der Waals surface area contributed by atoms with Crippen molar-refractivity contribution in [1.29, 1.82) is 5.26 Å². The van der Waals surface area contributed by atoms with Gasteiger partial charge >= 0.3 is 0 Å². The van der Waals surface area contributed by atoms with E-state index in [-0.39, 0.29) is 0 Å². The fourth-order valence-corrected chi connectivity index (χ4v) is 2.99. The molecule has 120 valence electrons. The first-order chi connectivity index (χ1) is 11.3. The molecule has 2 N–H and O–H groups in total. The van der Waals surface area contributed by atoms with Gasteiger partial charge in [0.25, 0.3) is 0 Å². The Labute approximate surface area is 146 Å². The molecular weight excluding hydrogens is 326 g/mol. The third-order valence-electron chi connectivity index (χ3n) is 3.07. The lowest BCUT2D eigenvalue weighted by molar-refractivity contribution is 0.530. The van der Waals surface area contributed by atoms with Crippen LogP contribution in [0, 0.1) is 11.3 Å². The summed E-state index contributed by atoms with van der Waals surface area (Å²) in [4.78, 5) is 0. The van der Waals surface area contributed by atoms with Crippen molar-refractivity contribution in [2.75, 3.05) is 17.6 Å². The lowest BCUT2D eigenvalue weighted by Gasteiger charge is -2.10. The predicted octanol–water partition coefficient (Wildman–Crippen LogP) is 3.96. The van der Waals surface area contributed by atoms with E-state index in [1.54, 1.807) is 6.26 Å². The first-order valence-corrected chi connectivity index (χ1v) is 8.95. The predicted molar refractivity (Wildman–Crippen MR) is 99.5 cm³/mol. The summed E-state index contributed by atoms with van der Waals surface area (Å²) in [6, 6.07) is 13.8. The molecule has 1 heterocycles. The highest BCUT2D eigenvalue weighted by Crippen LogP contribution is 2.13. The van der Waals surface area contributed by atoms with E-state index < -0.39 is 0 Å². The van der Waals surface area contributed by atoms with Gasteiger partial charge in [-0.2, -0.15) is 17.0 Å². The van der Waals surface area contributed by atoms with Crippen LogP contribution >= 0.6 is 24.0 Å². The van der Waals surface area contributed by atoms with Gasteiger partial charge < -0.3 is 15.1 Å². The number of benzene rings is 1. The number of anilines is 1. The van der Waals surface area contributed by atoms with Gasteiger partial charge in [-0.15, -0.1) is 0 Å². The van der Waals surface area contributed by atoms with Crippen LogP contribution in [0.2, 0.25) is 0 Å². The molecule has 0 aliphatic carbocycles. The summed E-state index contributed by atoms with van der Waals surface area (Å²) in [6.07, 6.45) is 3.17. The Balaban J connectivity index is 1.57. The van der Waals surface area contributed by atoms with Crippen molar-refractivity contribution < 1.29 is 4.42 Å². The average Bonchev–Trinajstić information content (AvgIpc) is 3.06. The monoisotopic (exact) mass is 345 g/mol. The molecule has 0 aliphatic rings. The first kappa shape index (κ1) is 17.4. The minimum absolute atomic E-state index is 0.429. The fraction of sp³-hybridized carbons (Fsp3) is 0.294. The molecule has 2 rings (SSSR count). The Morgan fingerprint density at radius 2 is 2.09 bits per heavy atom. The fourth-order valence-electron chi connectivity index (χ4n) is 1.92. The lowest BCUT2D eigenvalue weighted by Crippen LogP contribution is -2.29. The zero-order valence-electron chi connectivity index (χ0n) is 12.7. The molecule has 0 saturated carbocycles. The molecular formula is C17H19N3OS2. The van der Waals surface area contributed by atoms with Gasteiger partial charge in [-0.25, -0.2) is 0 Å². The highest BCUT2D eigenvalue weighted by Gasteiger charge is 1.99.